The Balaban J connectivity index is 2.02. The number of carbonyl (C=O) groups is 1. The van der Waals surface area contributed by atoms with Crippen LogP contribution in [0.4, 0.5) is 0 Å². The van der Waals surface area contributed by atoms with Gasteiger partial charge in [-0.15, -0.1) is 5.10 Å². The highest BCUT2D eigenvalue weighted by Crippen LogP contribution is 2.36. The van der Waals surface area contributed by atoms with Crippen molar-refractivity contribution < 1.29 is 4.79 Å². The first-order valence-corrected chi connectivity index (χ1v) is 10.3. The number of hydrogen-bond donors (Lipinski definition) is 0. The average molecular weight is 396 g/mol. The minimum Gasteiger partial charge on any atom is -0.342 e. The topological polar surface area (TPSA) is 63.9 Å². The number of nitrogens with zero attached hydrogens (tertiary/aromatic N) is 5. The third kappa shape index (κ3) is 4.09. The molecule has 0 bridgehead atoms. The van der Waals surface area contributed by atoms with Crippen LogP contribution >= 0.6 is 11.8 Å². The second-order valence-electron chi connectivity index (χ2n) is 6.53. The SMILES string of the molecule is CCN(CC)C(=O)[C@@H](Sc1nnnn1-c1c(C)cccc1C)c1ccccc1. The van der Waals surface area contributed by atoms with Gasteiger partial charge in [0.15, 0.2) is 0 Å². The van der Waals surface area contributed by atoms with Crippen LogP contribution in [0.25, 0.3) is 5.69 Å². The van der Waals surface area contributed by atoms with E-state index in [0.717, 1.165) is 22.4 Å². The highest BCUT2D eigenvalue weighted by Gasteiger charge is 2.28. The molecule has 0 N–H and O–H groups in total. The lowest BCUT2D eigenvalue weighted by atomic mass is 10.1. The molecule has 1 heterocycles. The zero-order chi connectivity index (χ0) is 20.1. The summed E-state index contributed by atoms with van der Waals surface area (Å²) in [4.78, 5) is 15.1. The molecular formula is C21H25N5OS. The third-order valence-electron chi connectivity index (χ3n) is 4.72. The van der Waals surface area contributed by atoms with Crippen LogP contribution in [0.2, 0.25) is 0 Å². The average Bonchev–Trinajstić information content (AvgIpc) is 3.15. The van der Waals surface area contributed by atoms with E-state index >= 15 is 0 Å². The van der Waals surface area contributed by atoms with E-state index in [2.05, 4.69) is 15.5 Å². The molecular weight excluding hydrogens is 370 g/mol. The van der Waals surface area contributed by atoms with E-state index in [0.29, 0.717) is 18.2 Å². The Morgan fingerprint density at radius 1 is 1.04 bits per heavy atom. The monoisotopic (exact) mass is 395 g/mol. The van der Waals surface area contributed by atoms with E-state index < -0.39 is 5.25 Å². The fraction of sp³-hybridized carbons (Fsp3) is 0.333. The Morgan fingerprint density at radius 2 is 1.68 bits per heavy atom. The van der Waals surface area contributed by atoms with Crippen molar-refractivity contribution in [1.82, 2.24) is 25.1 Å². The Kier molecular flexibility index (Phi) is 6.46. The van der Waals surface area contributed by atoms with Gasteiger partial charge in [0, 0.05) is 13.1 Å². The highest BCUT2D eigenvalue weighted by molar-refractivity contribution is 8.00. The van der Waals surface area contributed by atoms with Gasteiger partial charge in [-0.1, -0.05) is 60.3 Å². The predicted molar refractivity (Wildman–Crippen MR) is 112 cm³/mol. The Labute approximate surface area is 169 Å². The van der Waals surface area contributed by atoms with Crippen LogP contribution in [-0.4, -0.2) is 44.1 Å². The molecule has 0 aliphatic rings. The van der Waals surface area contributed by atoms with Gasteiger partial charge < -0.3 is 4.90 Å². The molecule has 0 fully saturated rings. The normalized spacial score (nSPS) is 12.0. The van der Waals surface area contributed by atoms with E-state index in [1.165, 1.54) is 11.8 Å². The standard InChI is InChI=1S/C21H25N5OS/c1-5-25(6-2)20(27)19(17-13-8-7-9-14-17)28-21-22-23-24-26(21)18-15(3)11-10-12-16(18)4/h7-14,19H,5-6H2,1-4H3/t19-/m0/s1. The number of hydrogen-bond acceptors (Lipinski definition) is 5. The number of benzene rings is 2. The molecule has 0 spiro atoms. The molecule has 0 saturated carbocycles. The van der Waals surface area contributed by atoms with Crippen molar-refractivity contribution in [3.8, 4) is 5.69 Å². The smallest absolute Gasteiger partial charge is 0.240 e. The predicted octanol–water partition coefficient (Wildman–Crippen LogP) is 3.98. The van der Waals surface area contributed by atoms with Crippen LogP contribution in [-0.2, 0) is 4.79 Å². The summed E-state index contributed by atoms with van der Waals surface area (Å²) in [5, 5.41) is 12.5. The van der Waals surface area contributed by atoms with Crippen molar-refractivity contribution >= 4 is 17.7 Å². The molecule has 7 heteroatoms. The van der Waals surface area contributed by atoms with E-state index in [4.69, 9.17) is 0 Å². The molecule has 0 unspecified atom stereocenters. The molecule has 0 radical (unpaired) electrons. The Bertz CT molecular complexity index is 917. The maximum Gasteiger partial charge on any atom is 0.240 e. The first-order chi connectivity index (χ1) is 13.6. The van der Waals surface area contributed by atoms with Gasteiger partial charge in [-0.25, -0.2) is 0 Å². The summed E-state index contributed by atoms with van der Waals surface area (Å²) in [6, 6.07) is 15.9. The summed E-state index contributed by atoms with van der Waals surface area (Å²) < 4.78 is 1.74. The molecule has 146 valence electrons. The fourth-order valence-corrected chi connectivity index (χ4v) is 4.29. The van der Waals surface area contributed by atoms with Crippen LogP contribution < -0.4 is 0 Å². The Morgan fingerprint density at radius 3 is 2.29 bits per heavy atom. The minimum absolute atomic E-state index is 0.0669. The lowest BCUT2D eigenvalue weighted by molar-refractivity contribution is -0.130. The van der Waals surface area contributed by atoms with Crippen LogP contribution in [0.5, 0.6) is 0 Å². The van der Waals surface area contributed by atoms with Crippen molar-refractivity contribution in [3.05, 3.63) is 65.2 Å². The van der Waals surface area contributed by atoms with Crippen molar-refractivity contribution in [2.24, 2.45) is 0 Å². The lowest BCUT2D eigenvalue weighted by Gasteiger charge is -2.25. The fourth-order valence-electron chi connectivity index (χ4n) is 3.23. The van der Waals surface area contributed by atoms with Gasteiger partial charge in [0.1, 0.15) is 5.25 Å². The molecule has 2 aromatic carbocycles. The van der Waals surface area contributed by atoms with Gasteiger partial charge in [-0.2, -0.15) is 4.68 Å². The maximum atomic E-state index is 13.2. The largest absolute Gasteiger partial charge is 0.342 e. The molecule has 1 aromatic heterocycles. The summed E-state index contributed by atoms with van der Waals surface area (Å²) >= 11 is 1.39. The number of likely N-dealkylation sites (N-methyl/N-ethyl adjacent to an activating group) is 1. The molecule has 0 saturated heterocycles. The quantitative estimate of drug-likeness (QED) is 0.566. The zero-order valence-electron chi connectivity index (χ0n) is 16.7. The van der Waals surface area contributed by atoms with Crippen LogP contribution in [0.3, 0.4) is 0 Å². The second-order valence-corrected chi connectivity index (χ2v) is 7.61. The first kappa shape index (κ1) is 20.1. The maximum absolute atomic E-state index is 13.2. The third-order valence-corrected chi connectivity index (χ3v) is 5.89. The van der Waals surface area contributed by atoms with E-state index in [9.17, 15) is 4.79 Å². The Hall–Kier alpha value is -2.67. The van der Waals surface area contributed by atoms with E-state index in [1.807, 2.05) is 81.1 Å². The number of aryl methyl sites for hydroxylation is 2. The summed E-state index contributed by atoms with van der Waals surface area (Å²) in [6.45, 7) is 9.40. The van der Waals surface area contributed by atoms with E-state index in [-0.39, 0.29) is 5.91 Å². The molecule has 3 aromatic rings. The van der Waals surface area contributed by atoms with Crippen LogP contribution in [0, 0.1) is 13.8 Å². The van der Waals surface area contributed by atoms with Gasteiger partial charge in [0.05, 0.1) is 5.69 Å². The molecule has 6 nitrogen and oxygen atoms in total. The number of aromatic nitrogens is 4. The number of para-hydroxylation sites is 1. The van der Waals surface area contributed by atoms with Crippen LogP contribution in [0.1, 0.15) is 35.8 Å². The van der Waals surface area contributed by atoms with Crippen molar-refractivity contribution in [3.63, 3.8) is 0 Å². The molecule has 0 aliphatic carbocycles. The van der Waals surface area contributed by atoms with Gasteiger partial charge in [-0.3, -0.25) is 4.79 Å². The lowest BCUT2D eigenvalue weighted by Crippen LogP contribution is -2.34. The number of thioether (sulfide) groups is 1. The second kappa shape index (κ2) is 9.01. The number of rotatable bonds is 7. The van der Waals surface area contributed by atoms with E-state index in [1.54, 1.807) is 4.68 Å². The molecule has 0 aliphatic heterocycles. The molecule has 1 atom stereocenters. The van der Waals surface area contributed by atoms with Crippen LogP contribution in [0.15, 0.2) is 53.7 Å². The molecule has 1 amide bonds. The minimum atomic E-state index is -0.407. The number of carbonyl (C=O) groups excluding carboxylic acids is 1. The van der Waals surface area contributed by atoms with Crippen molar-refractivity contribution in [2.45, 2.75) is 38.1 Å². The van der Waals surface area contributed by atoms with Crippen molar-refractivity contribution in [1.29, 1.82) is 0 Å². The summed E-state index contributed by atoms with van der Waals surface area (Å²) in [6.07, 6.45) is 0. The summed E-state index contributed by atoms with van der Waals surface area (Å²) in [5.74, 6) is 0.0669. The van der Waals surface area contributed by atoms with Gasteiger partial charge in [-0.05, 0) is 54.8 Å². The number of tetrazole rings is 1. The van der Waals surface area contributed by atoms with Gasteiger partial charge in [0.25, 0.3) is 0 Å². The highest BCUT2D eigenvalue weighted by atomic mass is 32.2. The van der Waals surface area contributed by atoms with Crippen molar-refractivity contribution in [2.75, 3.05) is 13.1 Å². The molecule has 28 heavy (non-hydrogen) atoms. The zero-order valence-corrected chi connectivity index (χ0v) is 17.5. The molecule has 3 rings (SSSR count). The van der Waals surface area contributed by atoms with Gasteiger partial charge in [0.2, 0.25) is 11.1 Å². The first-order valence-electron chi connectivity index (χ1n) is 9.42. The summed E-state index contributed by atoms with van der Waals surface area (Å²) in [7, 11) is 0. The van der Waals surface area contributed by atoms with Gasteiger partial charge >= 0.3 is 0 Å². The summed E-state index contributed by atoms with van der Waals surface area (Å²) in [5.41, 5.74) is 4.07. The number of amides is 1.